The summed E-state index contributed by atoms with van der Waals surface area (Å²) in [5.74, 6) is -1.14. The molecule has 0 aromatic heterocycles. The summed E-state index contributed by atoms with van der Waals surface area (Å²) in [7, 11) is 0. The Bertz CT molecular complexity index is 994. The fraction of sp³-hybridized carbons (Fsp3) is 0.900. The largest absolute Gasteiger partial charge is 0.481 e. The first kappa shape index (κ1) is 27.1. The van der Waals surface area contributed by atoms with Crippen molar-refractivity contribution in [3.8, 4) is 0 Å². The van der Waals surface area contributed by atoms with Crippen molar-refractivity contribution in [1.29, 1.82) is 0 Å². The lowest BCUT2D eigenvalue weighted by atomic mass is 9.41. The van der Waals surface area contributed by atoms with Crippen LogP contribution >= 0.6 is 0 Å². The van der Waals surface area contributed by atoms with Gasteiger partial charge >= 0.3 is 11.9 Å². The van der Waals surface area contributed by atoms with Crippen molar-refractivity contribution in [2.24, 2.45) is 50.7 Å². The molecule has 5 aliphatic rings. The monoisotopic (exact) mass is 518 g/mol. The topological polar surface area (TPSA) is 121 Å². The zero-order valence-electron chi connectivity index (χ0n) is 23.2. The number of carbonyl (C=O) groups excluding carboxylic acids is 2. The minimum Gasteiger partial charge on any atom is -0.481 e. The van der Waals surface area contributed by atoms with Gasteiger partial charge < -0.3 is 20.1 Å². The number of esters is 1. The number of rotatable bonds is 2. The van der Waals surface area contributed by atoms with Gasteiger partial charge in [0.15, 0.2) is 0 Å². The van der Waals surface area contributed by atoms with E-state index < -0.39 is 34.4 Å². The van der Waals surface area contributed by atoms with Crippen molar-refractivity contribution in [2.45, 2.75) is 111 Å². The van der Waals surface area contributed by atoms with Gasteiger partial charge in [-0.1, -0.05) is 27.7 Å². The number of fused-ring (bicyclic) bond motifs is 4. The van der Waals surface area contributed by atoms with E-state index in [9.17, 15) is 29.7 Å². The number of cyclic esters (lactones) is 1. The highest BCUT2D eigenvalue weighted by Gasteiger charge is 2.66. The number of hydrogen-bond acceptors (Lipinski definition) is 6. The van der Waals surface area contributed by atoms with Crippen molar-refractivity contribution >= 4 is 17.7 Å². The van der Waals surface area contributed by atoms with Gasteiger partial charge in [-0.25, -0.2) is 0 Å². The van der Waals surface area contributed by atoms with E-state index in [0.717, 1.165) is 25.7 Å². The molecule has 3 N–H and O–H groups in total. The molecule has 4 saturated carbocycles. The average molecular weight is 519 g/mol. The molecule has 0 unspecified atom stereocenters. The molecule has 0 aromatic carbocycles. The molecule has 208 valence electrons. The van der Waals surface area contributed by atoms with Crippen molar-refractivity contribution in [1.82, 2.24) is 0 Å². The molecule has 11 atom stereocenters. The molecule has 0 bridgehead atoms. The number of carboxylic acids is 1. The lowest BCUT2D eigenvalue weighted by Crippen LogP contribution is -2.61. The second kappa shape index (κ2) is 8.51. The molecule has 0 spiro atoms. The third-order valence-corrected chi connectivity index (χ3v) is 13.0. The van der Waals surface area contributed by atoms with Crippen LogP contribution < -0.4 is 0 Å². The Morgan fingerprint density at radius 1 is 0.784 bits per heavy atom. The van der Waals surface area contributed by atoms with Crippen LogP contribution in [0, 0.1) is 50.7 Å². The smallest absolute Gasteiger partial charge is 0.312 e. The van der Waals surface area contributed by atoms with Crippen molar-refractivity contribution < 1.29 is 34.4 Å². The Labute approximate surface area is 220 Å². The van der Waals surface area contributed by atoms with Crippen LogP contribution in [-0.4, -0.2) is 51.9 Å². The molecule has 5 fully saturated rings. The lowest BCUT2D eigenvalue weighted by molar-refractivity contribution is -0.200. The molecule has 7 heteroatoms. The van der Waals surface area contributed by atoms with E-state index in [4.69, 9.17) is 4.74 Å². The van der Waals surface area contributed by atoms with E-state index >= 15 is 0 Å². The maximum atomic E-state index is 14.2. The molecule has 37 heavy (non-hydrogen) atoms. The number of ketones is 1. The summed E-state index contributed by atoms with van der Waals surface area (Å²) in [4.78, 5) is 39.1. The molecule has 0 amide bonds. The van der Waals surface area contributed by atoms with Crippen LogP contribution in [0.2, 0.25) is 0 Å². The first-order valence-corrected chi connectivity index (χ1v) is 14.4. The number of ether oxygens (including phenoxy) is 1. The standard InChI is InChI=1S/C30H46O7/c1-26-11-8-20-28(3,13-10-23(33)30(20,5)25(35)36)19(26)7-6-17(18(31)15-26)27(2)12-9-22(32)29(4)16-37-24(34)14-21(27)29/h17,19-23,32-33H,6-16H2,1-5H3,(H,35,36)/t17-,19-,20+,21+,22+,23+,26-,27+,28+,29-,30+/m0/s1. The van der Waals surface area contributed by atoms with Crippen molar-refractivity contribution in [3.05, 3.63) is 0 Å². The summed E-state index contributed by atoms with van der Waals surface area (Å²) < 4.78 is 5.41. The van der Waals surface area contributed by atoms with Crippen LogP contribution in [0.4, 0.5) is 0 Å². The molecule has 1 saturated heterocycles. The van der Waals surface area contributed by atoms with Gasteiger partial charge in [-0.15, -0.1) is 0 Å². The van der Waals surface area contributed by atoms with Gasteiger partial charge in [-0.05, 0) is 92.3 Å². The van der Waals surface area contributed by atoms with E-state index in [-0.39, 0.29) is 59.3 Å². The van der Waals surface area contributed by atoms with Crippen LogP contribution in [0.5, 0.6) is 0 Å². The van der Waals surface area contributed by atoms with Gasteiger partial charge in [-0.3, -0.25) is 14.4 Å². The fourth-order valence-corrected chi connectivity index (χ4v) is 10.7. The summed E-state index contributed by atoms with van der Waals surface area (Å²) >= 11 is 0. The highest BCUT2D eigenvalue weighted by molar-refractivity contribution is 5.83. The zero-order chi connectivity index (χ0) is 27.2. The van der Waals surface area contributed by atoms with E-state index in [1.54, 1.807) is 6.92 Å². The Morgan fingerprint density at radius 2 is 1.43 bits per heavy atom. The SMILES string of the molecule is C[C@@]12CC[C@@H]3[C@](C)(CC[C@@H](O)[C@]3(C)C(=O)O)[C@H]1CC[C@H]([C@@]1(C)CC[C@@H](O)[C@@]3(C)COC(=O)C[C@@H]31)C(=O)C2. The molecule has 4 aliphatic carbocycles. The van der Waals surface area contributed by atoms with Gasteiger partial charge in [-0.2, -0.15) is 0 Å². The number of Topliss-reactive ketones (excluding diaryl/α,β-unsaturated/α-hetero) is 1. The van der Waals surface area contributed by atoms with Crippen molar-refractivity contribution in [2.75, 3.05) is 6.61 Å². The Hall–Kier alpha value is -1.47. The van der Waals surface area contributed by atoms with Crippen LogP contribution in [0.1, 0.15) is 98.8 Å². The summed E-state index contributed by atoms with van der Waals surface area (Å²) in [6.45, 7) is 10.6. The summed E-state index contributed by atoms with van der Waals surface area (Å²) in [5.41, 5.74) is -2.60. The molecular formula is C30H46O7. The zero-order valence-corrected chi connectivity index (χ0v) is 23.2. The number of aliphatic hydroxyl groups is 2. The maximum absolute atomic E-state index is 14.2. The number of aliphatic carboxylic acids is 1. The van der Waals surface area contributed by atoms with E-state index in [0.29, 0.717) is 32.1 Å². The molecule has 0 radical (unpaired) electrons. The van der Waals surface area contributed by atoms with Crippen LogP contribution in [0.25, 0.3) is 0 Å². The summed E-state index contributed by atoms with van der Waals surface area (Å²) in [5, 5.41) is 32.0. The molecule has 0 aromatic rings. The second-order valence-electron chi connectivity index (χ2n) is 14.7. The third-order valence-electron chi connectivity index (χ3n) is 13.0. The van der Waals surface area contributed by atoms with Crippen LogP contribution in [0.3, 0.4) is 0 Å². The quantitative estimate of drug-likeness (QED) is 0.464. The van der Waals surface area contributed by atoms with Gasteiger partial charge in [0, 0.05) is 24.2 Å². The average Bonchev–Trinajstić information content (AvgIpc) is 2.96. The Kier molecular flexibility index (Phi) is 6.24. The van der Waals surface area contributed by atoms with Gasteiger partial charge in [0.25, 0.3) is 0 Å². The molecular weight excluding hydrogens is 472 g/mol. The van der Waals surface area contributed by atoms with Gasteiger partial charge in [0.05, 0.1) is 24.2 Å². The number of carbonyl (C=O) groups is 3. The Morgan fingerprint density at radius 3 is 2.11 bits per heavy atom. The van der Waals surface area contributed by atoms with Crippen molar-refractivity contribution in [3.63, 3.8) is 0 Å². The minimum absolute atomic E-state index is 0.115. The normalized spacial score (nSPS) is 54.2. The molecule has 7 nitrogen and oxygen atoms in total. The highest BCUT2D eigenvalue weighted by Crippen LogP contribution is 2.68. The predicted molar refractivity (Wildman–Crippen MR) is 136 cm³/mol. The van der Waals surface area contributed by atoms with Crippen LogP contribution in [-0.2, 0) is 19.1 Å². The predicted octanol–water partition coefficient (Wildman–Crippen LogP) is 4.37. The third kappa shape index (κ3) is 3.62. The first-order valence-electron chi connectivity index (χ1n) is 14.4. The van der Waals surface area contributed by atoms with Gasteiger partial charge in [0.2, 0.25) is 0 Å². The molecule has 1 aliphatic heterocycles. The number of carboxylic acid groups (broad SMARTS) is 1. The highest BCUT2D eigenvalue weighted by atomic mass is 16.5. The lowest BCUT2D eigenvalue weighted by Gasteiger charge is -2.62. The first-order chi connectivity index (χ1) is 17.1. The molecule has 1 heterocycles. The maximum Gasteiger partial charge on any atom is 0.312 e. The van der Waals surface area contributed by atoms with Crippen LogP contribution in [0.15, 0.2) is 0 Å². The number of aliphatic hydroxyl groups excluding tert-OH is 2. The molecule has 5 rings (SSSR count). The van der Waals surface area contributed by atoms with E-state index in [1.807, 2.05) is 6.92 Å². The minimum atomic E-state index is -1.18. The summed E-state index contributed by atoms with van der Waals surface area (Å²) in [6.07, 6.45) is 4.92. The Balaban J connectivity index is 1.49. The fourth-order valence-electron chi connectivity index (χ4n) is 10.7. The van der Waals surface area contributed by atoms with Gasteiger partial charge in [0.1, 0.15) is 5.78 Å². The van der Waals surface area contributed by atoms with E-state index in [1.165, 1.54) is 0 Å². The second-order valence-corrected chi connectivity index (χ2v) is 14.7. The summed E-state index contributed by atoms with van der Waals surface area (Å²) in [6, 6.07) is 0. The number of hydrogen-bond donors (Lipinski definition) is 3. The van der Waals surface area contributed by atoms with E-state index in [2.05, 4.69) is 20.8 Å².